The fraction of sp³-hybridized carbons (Fsp3) is 0.176. The van der Waals surface area contributed by atoms with Crippen molar-refractivity contribution in [2.75, 3.05) is 0 Å². The minimum Gasteiger partial charge on any atom is -0.343 e. The fourth-order valence-electron chi connectivity index (χ4n) is 2.47. The first-order chi connectivity index (χ1) is 10.9. The number of halogens is 2. The second kappa shape index (κ2) is 5.87. The first kappa shape index (κ1) is 15.8. The van der Waals surface area contributed by atoms with Crippen LogP contribution < -0.4 is 5.32 Å². The van der Waals surface area contributed by atoms with Gasteiger partial charge in [0.1, 0.15) is 0 Å². The van der Waals surface area contributed by atoms with Crippen molar-refractivity contribution in [1.82, 2.24) is 15.5 Å². The first-order valence-corrected chi connectivity index (χ1v) is 7.84. The highest BCUT2D eigenvalue weighted by Crippen LogP contribution is 2.29. The molecule has 0 saturated carbocycles. The maximum Gasteiger partial charge on any atom is 0.254 e. The molecule has 2 aromatic carbocycles. The summed E-state index contributed by atoms with van der Waals surface area (Å²) in [5, 5.41) is 11.7. The third-order valence-electron chi connectivity index (χ3n) is 3.79. The quantitative estimate of drug-likeness (QED) is 0.730. The van der Waals surface area contributed by atoms with Crippen LogP contribution in [0.2, 0.25) is 10.0 Å². The molecule has 3 rings (SSSR count). The lowest BCUT2D eigenvalue weighted by Crippen LogP contribution is -2.41. The number of nitrogens with one attached hydrogen (secondary N) is 2. The molecule has 0 aliphatic heterocycles. The van der Waals surface area contributed by atoms with E-state index in [9.17, 15) is 4.79 Å². The average molecular weight is 348 g/mol. The van der Waals surface area contributed by atoms with Gasteiger partial charge in [-0.2, -0.15) is 5.10 Å². The van der Waals surface area contributed by atoms with Crippen LogP contribution >= 0.6 is 23.2 Å². The number of aromatic amines is 1. The van der Waals surface area contributed by atoms with Crippen LogP contribution in [0.5, 0.6) is 0 Å². The van der Waals surface area contributed by atoms with Crippen LogP contribution in [0.15, 0.2) is 42.6 Å². The number of aromatic nitrogens is 2. The number of fused-ring (bicyclic) bond motifs is 1. The SMILES string of the molecule is CC(C)(NC(=O)c1cccc2cn[nH]c12)c1ccc(Cl)c(Cl)c1. The zero-order valence-corrected chi connectivity index (χ0v) is 14.2. The van der Waals surface area contributed by atoms with Crippen LogP contribution in [0.1, 0.15) is 29.8 Å². The summed E-state index contributed by atoms with van der Waals surface area (Å²) in [4.78, 5) is 12.7. The Kier molecular flexibility index (Phi) is 4.04. The topological polar surface area (TPSA) is 57.8 Å². The molecule has 6 heteroatoms. The molecule has 0 aliphatic rings. The highest BCUT2D eigenvalue weighted by Gasteiger charge is 2.25. The lowest BCUT2D eigenvalue weighted by Gasteiger charge is -2.27. The monoisotopic (exact) mass is 347 g/mol. The molecule has 1 heterocycles. The summed E-state index contributed by atoms with van der Waals surface area (Å²) in [7, 11) is 0. The van der Waals surface area contributed by atoms with Gasteiger partial charge in [0.05, 0.1) is 32.9 Å². The van der Waals surface area contributed by atoms with Crippen molar-refractivity contribution in [1.29, 1.82) is 0 Å². The minimum absolute atomic E-state index is 0.184. The largest absolute Gasteiger partial charge is 0.343 e. The van der Waals surface area contributed by atoms with Gasteiger partial charge in [-0.1, -0.05) is 41.4 Å². The number of amides is 1. The molecule has 2 N–H and O–H groups in total. The standard InChI is InChI=1S/C17H15Cl2N3O/c1-17(2,11-6-7-13(18)14(19)8-11)21-16(23)12-5-3-4-10-9-20-22-15(10)12/h3-9H,1-2H3,(H,20,22)(H,21,23). The van der Waals surface area contributed by atoms with Crippen molar-refractivity contribution in [2.45, 2.75) is 19.4 Å². The molecular formula is C17H15Cl2N3O. The Morgan fingerprint density at radius 3 is 2.70 bits per heavy atom. The van der Waals surface area contributed by atoms with E-state index >= 15 is 0 Å². The van der Waals surface area contributed by atoms with Crippen LogP contribution in [0.25, 0.3) is 10.9 Å². The van der Waals surface area contributed by atoms with Crippen LogP contribution in [0, 0.1) is 0 Å². The summed E-state index contributed by atoms with van der Waals surface area (Å²) < 4.78 is 0. The van der Waals surface area contributed by atoms with Gasteiger partial charge in [-0.05, 0) is 37.6 Å². The number of hydrogen-bond acceptors (Lipinski definition) is 2. The first-order valence-electron chi connectivity index (χ1n) is 7.08. The maximum absolute atomic E-state index is 12.7. The second-order valence-electron chi connectivity index (χ2n) is 5.85. The molecule has 0 radical (unpaired) electrons. The van der Waals surface area contributed by atoms with E-state index in [1.165, 1.54) is 0 Å². The van der Waals surface area contributed by atoms with Gasteiger partial charge in [0.25, 0.3) is 5.91 Å². The fourth-order valence-corrected chi connectivity index (χ4v) is 2.76. The molecule has 118 valence electrons. The van der Waals surface area contributed by atoms with Crippen molar-refractivity contribution in [3.05, 3.63) is 63.8 Å². The van der Waals surface area contributed by atoms with E-state index in [-0.39, 0.29) is 5.91 Å². The van der Waals surface area contributed by atoms with Crippen molar-refractivity contribution < 1.29 is 4.79 Å². The van der Waals surface area contributed by atoms with Gasteiger partial charge in [0, 0.05) is 5.39 Å². The Balaban J connectivity index is 1.91. The summed E-state index contributed by atoms with van der Waals surface area (Å²) in [5.41, 5.74) is 1.54. The molecule has 3 aromatic rings. The molecule has 23 heavy (non-hydrogen) atoms. The van der Waals surface area contributed by atoms with Gasteiger partial charge < -0.3 is 5.32 Å². The highest BCUT2D eigenvalue weighted by molar-refractivity contribution is 6.42. The molecule has 1 amide bonds. The molecule has 4 nitrogen and oxygen atoms in total. The van der Waals surface area contributed by atoms with E-state index < -0.39 is 5.54 Å². The van der Waals surface area contributed by atoms with E-state index in [2.05, 4.69) is 15.5 Å². The van der Waals surface area contributed by atoms with Crippen LogP contribution in [0.3, 0.4) is 0 Å². The van der Waals surface area contributed by atoms with Gasteiger partial charge in [-0.15, -0.1) is 0 Å². The molecule has 0 aliphatic carbocycles. The zero-order chi connectivity index (χ0) is 16.6. The molecule has 1 aromatic heterocycles. The number of carbonyl (C=O) groups excluding carboxylic acids is 1. The van der Waals surface area contributed by atoms with Crippen molar-refractivity contribution in [2.24, 2.45) is 0 Å². The van der Waals surface area contributed by atoms with Crippen molar-refractivity contribution >= 4 is 40.0 Å². The van der Waals surface area contributed by atoms with Crippen molar-refractivity contribution in [3.63, 3.8) is 0 Å². The molecule has 0 bridgehead atoms. The van der Waals surface area contributed by atoms with Gasteiger partial charge in [0.2, 0.25) is 0 Å². The smallest absolute Gasteiger partial charge is 0.254 e. The van der Waals surface area contributed by atoms with Gasteiger partial charge >= 0.3 is 0 Å². The summed E-state index contributed by atoms with van der Waals surface area (Å²) in [5.74, 6) is -0.184. The van der Waals surface area contributed by atoms with Crippen molar-refractivity contribution in [3.8, 4) is 0 Å². The van der Waals surface area contributed by atoms with Crippen LogP contribution in [0.4, 0.5) is 0 Å². The number of H-pyrrole nitrogens is 1. The summed E-state index contributed by atoms with van der Waals surface area (Å²) in [6.07, 6.45) is 1.69. The Labute approximate surface area is 143 Å². The molecule has 0 saturated heterocycles. The number of benzene rings is 2. The number of nitrogens with zero attached hydrogens (tertiary/aromatic N) is 1. The molecule has 0 spiro atoms. The number of hydrogen-bond donors (Lipinski definition) is 2. The van der Waals surface area contributed by atoms with E-state index in [1.807, 2.05) is 32.0 Å². The number of carbonyl (C=O) groups is 1. The lowest BCUT2D eigenvalue weighted by molar-refractivity contribution is 0.0913. The van der Waals surface area contributed by atoms with E-state index in [0.29, 0.717) is 15.6 Å². The second-order valence-corrected chi connectivity index (χ2v) is 6.66. The molecule has 0 unspecified atom stereocenters. The predicted molar refractivity (Wildman–Crippen MR) is 93.0 cm³/mol. The highest BCUT2D eigenvalue weighted by atomic mass is 35.5. The number of rotatable bonds is 3. The van der Waals surface area contributed by atoms with E-state index in [0.717, 1.165) is 16.5 Å². The van der Waals surface area contributed by atoms with Gasteiger partial charge in [-0.25, -0.2) is 0 Å². The third kappa shape index (κ3) is 3.05. The minimum atomic E-state index is -0.604. The molecular weight excluding hydrogens is 333 g/mol. The maximum atomic E-state index is 12.7. The van der Waals surface area contributed by atoms with Gasteiger partial charge in [0.15, 0.2) is 0 Å². The average Bonchev–Trinajstić information content (AvgIpc) is 2.97. The van der Waals surface area contributed by atoms with E-state index in [4.69, 9.17) is 23.2 Å². The Bertz CT molecular complexity index is 886. The van der Waals surface area contributed by atoms with Gasteiger partial charge in [-0.3, -0.25) is 9.89 Å². The summed E-state index contributed by atoms with van der Waals surface area (Å²) in [6, 6.07) is 10.8. The number of para-hydroxylation sites is 1. The Morgan fingerprint density at radius 2 is 1.96 bits per heavy atom. The predicted octanol–water partition coefficient (Wildman–Crippen LogP) is 4.53. The molecule has 0 fully saturated rings. The molecule has 0 atom stereocenters. The normalized spacial score (nSPS) is 11.7. The van der Waals surface area contributed by atoms with Crippen LogP contribution in [-0.2, 0) is 5.54 Å². The van der Waals surface area contributed by atoms with E-state index in [1.54, 1.807) is 24.4 Å². The Hall–Kier alpha value is -2.04. The lowest BCUT2D eigenvalue weighted by atomic mass is 9.93. The summed E-state index contributed by atoms with van der Waals surface area (Å²) >= 11 is 12.0. The third-order valence-corrected chi connectivity index (χ3v) is 4.53. The zero-order valence-electron chi connectivity index (χ0n) is 12.7. The van der Waals surface area contributed by atoms with Crippen LogP contribution in [-0.4, -0.2) is 16.1 Å². The Morgan fingerprint density at radius 1 is 1.17 bits per heavy atom. The summed E-state index contributed by atoms with van der Waals surface area (Å²) in [6.45, 7) is 3.83.